The summed E-state index contributed by atoms with van der Waals surface area (Å²) in [5, 5.41) is 19.6. The van der Waals surface area contributed by atoms with Crippen LogP contribution >= 0.6 is 11.6 Å². The summed E-state index contributed by atoms with van der Waals surface area (Å²) in [4.78, 5) is 27.7. The van der Waals surface area contributed by atoms with Crippen molar-refractivity contribution in [3.05, 3.63) is 107 Å². The van der Waals surface area contributed by atoms with Crippen molar-refractivity contribution in [2.24, 2.45) is 0 Å². The van der Waals surface area contributed by atoms with E-state index < -0.39 is 27.5 Å². The Morgan fingerprint density at radius 3 is 2.62 bits per heavy atom. The molecule has 3 aromatic heterocycles. The fraction of sp³-hybridized carbons (Fsp3) is 0.129. The van der Waals surface area contributed by atoms with Gasteiger partial charge in [0.2, 0.25) is 0 Å². The van der Waals surface area contributed by atoms with Gasteiger partial charge in [0.25, 0.3) is 16.0 Å². The van der Waals surface area contributed by atoms with Crippen LogP contribution in [0.1, 0.15) is 21.5 Å². The lowest BCUT2D eigenvalue weighted by Gasteiger charge is -2.24. The molecule has 45 heavy (non-hydrogen) atoms. The van der Waals surface area contributed by atoms with Crippen LogP contribution in [-0.4, -0.2) is 62.2 Å². The number of hydroxylamine groups is 1. The molecule has 1 amide bonds. The number of carbonyl (C=O) groups excluding carboxylic acids is 1. The SMILES string of the molecule is Cc1ccc(S(=O)(=O)O)c(N(OCCO)C(=O)c2ccc(-c3ccc4nnn(Cc5ccc6ncccc6c5)c4n3)cc2Cl)c1. The Hall–Kier alpha value is -4.79. The van der Waals surface area contributed by atoms with Crippen LogP contribution in [0.3, 0.4) is 0 Å². The number of pyridine rings is 2. The minimum absolute atomic E-state index is 0.0141. The molecule has 0 radical (unpaired) electrons. The Morgan fingerprint density at radius 2 is 1.84 bits per heavy atom. The molecule has 228 valence electrons. The fourth-order valence-electron chi connectivity index (χ4n) is 4.85. The summed E-state index contributed by atoms with van der Waals surface area (Å²) in [5.41, 5.74) is 4.54. The van der Waals surface area contributed by atoms with E-state index in [0.29, 0.717) is 39.6 Å². The van der Waals surface area contributed by atoms with Gasteiger partial charge in [0, 0.05) is 17.1 Å². The van der Waals surface area contributed by atoms with E-state index in [4.69, 9.17) is 21.4 Å². The molecular formula is C31H25ClN6O6S. The standard InChI is InChI=1S/C31H25ClN6O6S/c1-19-4-11-29(45(41,42)43)28(15-19)38(44-14-13-39)31(40)23-7-6-22(17-24(23)32)26-9-10-27-30(34-26)37(36-35-27)18-20-5-8-25-21(16-20)3-2-12-33-25/h2-12,15-17,39H,13-14,18H2,1H3,(H,41,42,43). The molecule has 0 spiro atoms. The Morgan fingerprint density at radius 1 is 1.02 bits per heavy atom. The molecule has 2 N–H and O–H groups in total. The zero-order valence-corrected chi connectivity index (χ0v) is 25.3. The quantitative estimate of drug-likeness (QED) is 0.164. The monoisotopic (exact) mass is 644 g/mol. The minimum atomic E-state index is -4.73. The van der Waals surface area contributed by atoms with Gasteiger partial charge in [-0.05, 0) is 72.6 Å². The van der Waals surface area contributed by atoms with E-state index in [1.54, 1.807) is 42.1 Å². The first-order valence-corrected chi connectivity index (χ1v) is 15.4. The van der Waals surface area contributed by atoms with Crippen molar-refractivity contribution < 1.29 is 27.7 Å². The minimum Gasteiger partial charge on any atom is -0.394 e. The van der Waals surface area contributed by atoms with Gasteiger partial charge in [-0.25, -0.2) is 9.67 Å². The molecule has 0 aliphatic carbocycles. The molecule has 3 aromatic carbocycles. The van der Waals surface area contributed by atoms with Crippen molar-refractivity contribution in [2.45, 2.75) is 18.4 Å². The first-order chi connectivity index (χ1) is 21.6. The molecule has 0 fully saturated rings. The molecule has 0 unspecified atom stereocenters. The zero-order chi connectivity index (χ0) is 31.7. The van der Waals surface area contributed by atoms with Crippen molar-refractivity contribution in [3.63, 3.8) is 0 Å². The van der Waals surface area contributed by atoms with Crippen LogP contribution in [-0.2, 0) is 21.5 Å². The highest BCUT2D eigenvalue weighted by molar-refractivity contribution is 7.86. The number of benzene rings is 3. The molecule has 12 nitrogen and oxygen atoms in total. The van der Waals surface area contributed by atoms with Crippen molar-refractivity contribution in [2.75, 3.05) is 18.3 Å². The Bertz CT molecular complexity index is 2190. The molecule has 3 heterocycles. The summed E-state index contributed by atoms with van der Waals surface area (Å²) in [6.07, 6.45) is 1.75. The predicted molar refractivity (Wildman–Crippen MR) is 167 cm³/mol. The molecule has 0 saturated carbocycles. The van der Waals surface area contributed by atoms with Crippen LogP contribution in [0.5, 0.6) is 0 Å². The number of carbonyl (C=O) groups is 1. The molecule has 6 aromatic rings. The van der Waals surface area contributed by atoms with E-state index in [1.807, 2.05) is 30.3 Å². The van der Waals surface area contributed by atoms with Crippen molar-refractivity contribution in [1.82, 2.24) is 25.0 Å². The van der Waals surface area contributed by atoms with Gasteiger partial charge in [-0.1, -0.05) is 41.1 Å². The average Bonchev–Trinajstić information content (AvgIpc) is 3.42. The van der Waals surface area contributed by atoms with Gasteiger partial charge in [0.1, 0.15) is 10.4 Å². The maximum absolute atomic E-state index is 13.7. The van der Waals surface area contributed by atoms with Crippen molar-refractivity contribution in [3.8, 4) is 11.3 Å². The van der Waals surface area contributed by atoms with E-state index in [9.17, 15) is 22.9 Å². The van der Waals surface area contributed by atoms with E-state index in [1.165, 1.54) is 18.2 Å². The van der Waals surface area contributed by atoms with E-state index in [-0.39, 0.29) is 22.9 Å². The molecule has 0 saturated heterocycles. The number of amides is 1. The van der Waals surface area contributed by atoms with Crippen LogP contribution in [0.4, 0.5) is 5.69 Å². The van der Waals surface area contributed by atoms with Gasteiger partial charge in [0.15, 0.2) is 5.65 Å². The molecule has 0 bridgehead atoms. The van der Waals surface area contributed by atoms with E-state index in [0.717, 1.165) is 22.5 Å². The number of aliphatic hydroxyl groups excluding tert-OH is 1. The molecular weight excluding hydrogens is 620 g/mol. The maximum Gasteiger partial charge on any atom is 0.296 e. The van der Waals surface area contributed by atoms with Gasteiger partial charge in [-0.3, -0.25) is 19.2 Å². The highest BCUT2D eigenvalue weighted by Gasteiger charge is 2.28. The van der Waals surface area contributed by atoms with Crippen LogP contribution in [0.25, 0.3) is 33.3 Å². The van der Waals surface area contributed by atoms with Gasteiger partial charge >= 0.3 is 0 Å². The van der Waals surface area contributed by atoms with E-state index >= 15 is 0 Å². The van der Waals surface area contributed by atoms with Gasteiger partial charge < -0.3 is 5.11 Å². The number of rotatable bonds is 9. The largest absolute Gasteiger partial charge is 0.394 e. The number of aromatic nitrogens is 5. The third-order valence-corrected chi connectivity index (χ3v) is 8.18. The van der Waals surface area contributed by atoms with E-state index in [2.05, 4.69) is 15.3 Å². The van der Waals surface area contributed by atoms with Gasteiger partial charge in [0.05, 0.1) is 47.2 Å². The fourth-order valence-corrected chi connectivity index (χ4v) is 5.76. The Labute approximate surface area is 262 Å². The summed E-state index contributed by atoms with van der Waals surface area (Å²) in [7, 11) is -4.73. The van der Waals surface area contributed by atoms with Crippen LogP contribution in [0, 0.1) is 6.92 Å². The number of hydrogen-bond acceptors (Lipinski definition) is 9. The lowest BCUT2D eigenvalue weighted by Crippen LogP contribution is -2.33. The lowest BCUT2D eigenvalue weighted by atomic mass is 10.1. The molecule has 0 aliphatic rings. The summed E-state index contributed by atoms with van der Waals surface area (Å²) in [6.45, 7) is 1.32. The number of anilines is 1. The molecule has 14 heteroatoms. The number of fused-ring (bicyclic) bond motifs is 2. The van der Waals surface area contributed by atoms with Gasteiger partial charge in [-0.15, -0.1) is 5.10 Å². The zero-order valence-electron chi connectivity index (χ0n) is 23.7. The third-order valence-electron chi connectivity index (χ3n) is 6.96. The first kappa shape index (κ1) is 30.2. The first-order valence-electron chi connectivity index (χ1n) is 13.6. The summed E-state index contributed by atoms with van der Waals surface area (Å²) in [6, 6.07) is 22.0. The second-order valence-electron chi connectivity index (χ2n) is 10.1. The Balaban J connectivity index is 1.32. The van der Waals surface area contributed by atoms with Crippen LogP contribution in [0.2, 0.25) is 5.02 Å². The Kier molecular flexibility index (Phi) is 8.27. The highest BCUT2D eigenvalue weighted by Crippen LogP contribution is 2.32. The summed E-state index contributed by atoms with van der Waals surface area (Å²) >= 11 is 6.60. The normalized spacial score (nSPS) is 11.7. The predicted octanol–water partition coefficient (Wildman–Crippen LogP) is 4.87. The lowest BCUT2D eigenvalue weighted by molar-refractivity contribution is 0.0523. The molecule has 0 atom stereocenters. The second kappa shape index (κ2) is 12.3. The van der Waals surface area contributed by atoms with Crippen molar-refractivity contribution >= 4 is 55.4 Å². The second-order valence-corrected chi connectivity index (χ2v) is 11.9. The topological polar surface area (TPSA) is 161 Å². The maximum atomic E-state index is 13.7. The van der Waals surface area contributed by atoms with Crippen LogP contribution < -0.4 is 5.06 Å². The van der Waals surface area contributed by atoms with Gasteiger partial charge in [-0.2, -0.15) is 13.5 Å². The number of aliphatic hydroxyl groups is 1. The summed E-state index contributed by atoms with van der Waals surface area (Å²) in [5.74, 6) is -0.813. The third kappa shape index (κ3) is 6.25. The van der Waals surface area contributed by atoms with Crippen molar-refractivity contribution in [1.29, 1.82) is 0 Å². The number of aryl methyl sites for hydroxylation is 1. The average molecular weight is 645 g/mol. The smallest absolute Gasteiger partial charge is 0.296 e. The van der Waals surface area contributed by atoms with Crippen LogP contribution in [0.15, 0.2) is 90.0 Å². The number of nitrogens with zero attached hydrogens (tertiary/aromatic N) is 6. The number of hydrogen-bond donors (Lipinski definition) is 2. The molecule has 6 rings (SSSR count). The summed E-state index contributed by atoms with van der Waals surface area (Å²) < 4.78 is 35.7. The number of halogens is 1. The molecule has 0 aliphatic heterocycles. The highest BCUT2D eigenvalue weighted by atomic mass is 35.5.